The highest BCUT2D eigenvalue weighted by atomic mass is 16.5. The number of rotatable bonds is 6. The maximum atomic E-state index is 12.4. The number of benzene rings is 2. The lowest BCUT2D eigenvalue weighted by molar-refractivity contribution is 0.0935. The van der Waals surface area contributed by atoms with Gasteiger partial charge in [0.25, 0.3) is 5.91 Å². The molecule has 0 saturated carbocycles. The average Bonchev–Trinajstić information content (AvgIpc) is 2.55. The van der Waals surface area contributed by atoms with Crippen molar-refractivity contribution in [3.63, 3.8) is 0 Å². The summed E-state index contributed by atoms with van der Waals surface area (Å²) in [5.74, 6) is 0.899. The van der Waals surface area contributed by atoms with Gasteiger partial charge in [-0.25, -0.2) is 0 Å². The van der Waals surface area contributed by atoms with Gasteiger partial charge in [0.05, 0.1) is 6.61 Å². The third-order valence-electron chi connectivity index (χ3n) is 3.84. The fourth-order valence-corrected chi connectivity index (χ4v) is 2.35. The van der Waals surface area contributed by atoms with Crippen molar-refractivity contribution < 1.29 is 9.53 Å². The minimum absolute atomic E-state index is 0.0469. The molecule has 1 unspecified atom stereocenters. The summed E-state index contributed by atoms with van der Waals surface area (Å²) in [5, 5.41) is 3.07. The van der Waals surface area contributed by atoms with Crippen molar-refractivity contribution in [3.05, 3.63) is 65.7 Å². The Morgan fingerprint density at radius 1 is 1.09 bits per heavy atom. The summed E-state index contributed by atoms with van der Waals surface area (Å²) in [5.41, 5.74) is 1.84. The molecule has 0 radical (unpaired) electrons. The fraction of sp³-hybridized carbons (Fsp3) is 0.316. The van der Waals surface area contributed by atoms with E-state index >= 15 is 0 Å². The molecule has 0 aliphatic rings. The number of amides is 1. The van der Waals surface area contributed by atoms with Gasteiger partial charge in [0.1, 0.15) is 5.75 Å². The van der Waals surface area contributed by atoms with Crippen LogP contribution in [0.5, 0.6) is 5.75 Å². The summed E-state index contributed by atoms with van der Waals surface area (Å²) in [6.45, 7) is 6.67. The van der Waals surface area contributed by atoms with E-state index in [2.05, 4.69) is 24.4 Å². The molecular formula is C19H23NO2. The maximum Gasteiger partial charge on any atom is 0.251 e. The van der Waals surface area contributed by atoms with Crippen LogP contribution in [0, 0.1) is 0 Å². The van der Waals surface area contributed by atoms with E-state index in [1.165, 1.54) is 5.56 Å². The first-order valence-electron chi connectivity index (χ1n) is 7.70. The molecule has 0 spiro atoms. The second-order valence-corrected chi connectivity index (χ2v) is 5.42. The van der Waals surface area contributed by atoms with Gasteiger partial charge < -0.3 is 10.1 Å². The van der Waals surface area contributed by atoms with Crippen LogP contribution >= 0.6 is 0 Å². The van der Waals surface area contributed by atoms with Crippen LogP contribution in [0.25, 0.3) is 0 Å². The van der Waals surface area contributed by atoms with Gasteiger partial charge in [-0.2, -0.15) is 0 Å². The monoisotopic (exact) mass is 297 g/mol. The zero-order valence-electron chi connectivity index (χ0n) is 13.4. The molecule has 0 aliphatic carbocycles. The Balaban J connectivity index is 2.03. The third-order valence-corrected chi connectivity index (χ3v) is 3.84. The summed E-state index contributed by atoms with van der Waals surface area (Å²) in [6.07, 6.45) is 0. The highest BCUT2D eigenvalue weighted by Crippen LogP contribution is 2.19. The van der Waals surface area contributed by atoms with E-state index < -0.39 is 0 Å². The molecule has 0 aliphatic heterocycles. The van der Waals surface area contributed by atoms with Gasteiger partial charge in [0.2, 0.25) is 0 Å². The number of ether oxygens (including phenoxy) is 1. The standard InChI is InChI=1S/C19H23NO2/c1-4-22-18-12-8-11-17(13-18)19(21)20-15(3)14(2)16-9-6-5-7-10-16/h5-15H,4H2,1-3H3,(H,20,21)/t14-,15?/m0/s1. The molecule has 1 amide bonds. The van der Waals surface area contributed by atoms with Gasteiger partial charge in [-0.15, -0.1) is 0 Å². The van der Waals surface area contributed by atoms with Crippen LogP contribution in [0.15, 0.2) is 54.6 Å². The fourth-order valence-electron chi connectivity index (χ4n) is 2.35. The Bertz CT molecular complexity index is 610. The Morgan fingerprint density at radius 2 is 1.82 bits per heavy atom. The van der Waals surface area contributed by atoms with Crippen LogP contribution in [0.4, 0.5) is 0 Å². The van der Waals surface area contributed by atoms with Crippen LogP contribution < -0.4 is 10.1 Å². The predicted octanol–water partition coefficient (Wildman–Crippen LogP) is 4.01. The van der Waals surface area contributed by atoms with E-state index in [-0.39, 0.29) is 17.9 Å². The smallest absolute Gasteiger partial charge is 0.251 e. The Hall–Kier alpha value is -2.29. The van der Waals surface area contributed by atoms with E-state index in [1.54, 1.807) is 12.1 Å². The van der Waals surface area contributed by atoms with E-state index in [4.69, 9.17) is 4.74 Å². The number of hydrogen-bond donors (Lipinski definition) is 1. The average molecular weight is 297 g/mol. The summed E-state index contributed by atoms with van der Waals surface area (Å²) >= 11 is 0. The second-order valence-electron chi connectivity index (χ2n) is 5.42. The molecule has 0 fully saturated rings. The molecule has 3 heteroatoms. The Labute approximate surface area is 132 Å². The second kappa shape index (κ2) is 7.64. The quantitative estimate of drug-likeness (QED) is 0.875. The van der Waals surface area contributed by atoms with Gasteiger partial charge in [-0.3, -0.25) is 4.79 Å². The zero-order valence-corrected chi connectivity index (χ0v) is 13.4. The maximum absolute atomic E-state index is 12.4. The van der Waals surface area contributed by atoms with E-state index in [9.17, 15) is 4.79 Å². The molecule has 2 aromatic carbocycles. The van der Waals surface area contributed by atoms with Crippen molar-refractivity contribution in [1.29, 1.82) is 0 Å². The number of carbonyl (C=O) groups excluding carboxylic acids is 1. The lowest BCUT2D eigenvalue weighted by Gasteiger charge is -2.22. The first-order valence-corrected chi connectivity index (χ1v) is 7.70. The Kier molecular flexibility index (Phi) is 5.59. The van der Waals surface area contributed by atoms with Crippen LogP contribution in [-0.2, 0) is 0 Å². The first-order chi connectivity index (χ1) is 10.6. The van der Waals surface area contributed by atoms with E-state index in [0.717, 1.165) is 5.75 Å². The van der Waals surface area contributed by atoms with Gasteiger partial charge >= 0.3 is 0 Å². The molecule has 0 heterocycles. The lowest BCUT2D eigenvalue weighted by Crippen LogP contribution is -2.36. The lowest BCUT2D eigenvalue weighted by atomic mass is 9.94. The molecule has 0 bridgehead atoms. The molecular weight excluding hydrogens is 274 g/mol. The molecule has 2 atom stereocenters. The summed E-state index contributed by atoms with van der Waals surface area (Å²) in [7, 11) is 0. The highest BCUT2D eigenvalue weighted by Gasteiger charge is 2.17. The molecule has 3 nitrogen and oxygen atoms in total. The zero-order chi connectivity index (χ0) is 15.9. The van der Waals surface area contributed by atoms with Gasteiger partial charge in [0.15, 0.2) is 0 Å². The molecule has 2 rings (SSSR count). The first kappa shape index (κ1) is 16.1. The summed E-state index contributed by atoms with van der Waals surface area (Å²) in [4.78, 5) is 12.4. The molecule has 2 aromatic rings. The number of carbonyl (C=O) groups is 1. The van der Waals surface area contributed by atoms with E-state index in [0.29, 0.717) is 12.2 Å². The minimum Gasteiger partial charge on any atom is -0.494 e. The third kappa shape index (κ3) is 4.10. The largest absolute Gasteiger partial charge is 0.494 e. The van der Waals surface area contributed by atoms with Gasteiger partial charge in [-0.1, -0.05) is 43.3 Å². The van der Waals surface area contributed by atoms with Crippen LogP contribution in [-0.4, -0.2) is 18.6 Å². The minimum atomic E-state index is -0.0724. The molecule has 22 heavy (non-hydrogen) atoms. The van der Waals surface area contributed by atoms with Crippen molar-refractivity contribution >= 4 is 5.91 Å². The van der Waals surface area contributed by atoms with Crippen LogP contribution in [0.1, 0.15) is 42.6 Å². The van der Waals surface area contributed by atoms with Crippen LogP contribution in [0.2, 0.25) is 0 Å². The summed E-state index contributed by atoms with van der Waals surface area (Å²) in [6, 6.07) is 17.5. The molecule has 116 valence electrons. The van der Waals surface area contributed by atoms with Crippen molar-refractivity contribution in [1.82, 2.24) is 5.32 Å². The molecule has 0 aromatic heterocycles. The van der Waals surface area contributed by atoms with Crippen molar-refractivity contribution in [2.45, 2.75) is 32.7 Å². The van der Waals surface area contributed by atoms with Crippen LogP contribution in [0.3, 0.4) is 0 Å². The SMILES string of the molecule is CCOc1cccc(C(=O)NC(C)[C@H](C)c2ccccc2)c1. The topological polar surface area (TPSA) is 38.3 Å². The van der Waals surface area contributed by atoms with E-state index in [1.807, 2.05) is 44.2 Å². The van der Waals surface area contributed by atoms with Gasteiger partial charge in [0, 0.05) is 17.5 Å². The number of nitrogens with one attached hydrogen (secondary N) is 1. The molecule has 0 saturated heterocycles. The highest BCUT2D eigenvalue weighted by molar-refractivity contribution is 5.94. The molecule has 1 N–H and O–H groups in total. The number of hydrogen-bond acceptors (Lipinski definition) is 2. The van der Waals surface area contributed by atoms with Crippen molar-refractivity contribution in [2.24, 2.45) is 0 Å². The van der Waals surface area contributed by atoms with Crippen molar-refractivity contribution in [3.8, 4) is 5.75 Å². The van der Waals surface area contributed by atoms with Gasteiger partial charge in [-0.05, 0) is 37.6 Å². The Morgan fingerprint density at radius 3 is 2.50 bits per heavy atom. The van der Waals surface area contributed by atoms with Crippen molar-refractivity contribution in [2.75, 3.05) is 6.61 Å². The summed E-state index contributed by atoms with van der Waals surface area (Å²) < 4.78 is 5.44. The normalized spacial score (nSPS) is 13.2. The predicted molar refractivity (Wildman–Crippen MR) is 89.4 cm³/mol.